The van der Waals surface area contributed by atoms with Crippen LogP contribution in [0.5, 0.6) is 0 Å². The van der Waals surface area contributed by atoms with E-state index in [-0.39, 0.29) is 12.5 Å². The van der Waals surface area contributed by atoms with Crippen molar-refractivity contribution in [1.82, 2.24) is 14.9 Å². The summed E-state index contributed by atoms with van der Waals surface area (Å²) in [4.78, 5) is 26.5. The lowest BCUT2D eigenvalue weighted by Gasteiger charge is -2.07. The number of fused-ring (bicyclic) bond motifs is 1. The molecular formula is C17H15ClFN3O2. The maximum absolute atomic E-state index is 13.2. The largest absolute Gasteiger partial charge is 0.354 e. The van der Waals surface area contributed by atoms with Gasteiger partial charge < -0.3 is 10.3 Å². The molecule has 0 bridgehead atoms. The smallest absolute Gasteiger partial charge is 0.326 e. The van der Waals surface area contributed by atoms with Gasteiger partial charge in [0, 0.05) is 11.6 Å². The summed E-state index contributed by atoms with van der Waals surface area (Å²) in [5, 5.41) is 3.41. The van der Waals surface area contributed by atoms with Crippen molar-refractivity contribution < 1.29 is 9.18 Å². The minimum Gasteiger partial charge on any atom is -0.354 e. The molecule has 2 aromatic carbocycles. The number of amides is 1. The number of halogens is 2. The summed E-state index contributed by atoms with van der Waals surface area (Å²) >= 11 is 5.91. The highest BCUT2D eigenvalue weighted by atomic mass is 35.5. The minimum atomic E-state index is -0.444. The number of hydrogen-bond donors (Lipinski definition) is 2. The van der Waals surface area contributed by atoms with Crippen LogP contribution < -0.4 is 11.0 Å². The molecule has 0 aliphatic rings. The normalized spacial score (nSPS) is 10.9. The van der Waals surface area contributed by atoms with Crippen LogP contribution in [0.4, 0.5) is 4.39 Å². The number of aromatic nitrogens is 2. The van der Waals surface area contributed by atoms with E-state index in [1.807, 2.05) is 18.2 Å². The Morgan fingerprint density at radius 1 is 1.25 bits per heavy atom. The summed E-state index contributed by atoms with van der Waals surface area (Å²) in [5.41, 5.74) is 1.43. The zero-order valence-corrected chi connectivity index (χ0v) is 13.4. The van der Waals surface area contributed by atoms with Crippen LogP contribution in [0, 0.1) is 5.82 Å². The number of carbonyl (C=O) groups is 1. The first-order valence-corrected chi connectivity index (χ1v) is 7.80. The molecule has 0 unspecified atom stereocenters. The van der Waals surface area contributed by atoms with Crippen molar-refractivity contribution >= 4 is 28.5 Å². The highest BCUT2D eigenvalue weighted by molar-refractivity contribution is 6.30. The number of H-pyrrole nitrogens is 1. The molecule has 0 saturated carbocycles. The topological polar surface area (TPSA) is 66.9 Å². The molecule has 0 atom stereocenters. The zero-order chi connectivity index (χ0) is 17.1. The Balaban J connectivity index is 1.63. The molecular weight excluding hydrogens is 333 g/mol. The number of imidazole rings is 1. The van der Waals surface area contributed by atoms with E-state index >= 15 is 0 Å². The van der Waals surface area contributed by atoms with Crippen LogP contribution in [0.3, 0.4) is 0 Å². The van der Waals surface area contributed by atoms with E-state index in [9.17, 15) is 14.0 Å². The molecule has 1 amide bonds. The van der Waals surface area contributed by atoms with Gasteiger partial charge in [-0.1, -0.05) is 23.7 Å². The maximum Gasteiger partial charge on any atom is 0.326 e. The van der Waals surface area contributed by atoms with E-state index in [0.717, 1.165) is 5.56 Å². The van der Waals surface area contributed by atoms with Crippen LogP contribution in [0.2, 0.25) is 5.02 Å². The summed E-state index contributed by atoms with van der Waals surface area (Å²) in [6.45, 7) is 0.310. The van der Waals surface area contributed by atoms with Crippen molar-refractivity contribution in [1.29, 1.82) is 0 Å². The molecule has 3 aromatic rings. The Morgan fingerprint density at radius 3 is 2.88 bits per heavy atom. The van der Waals surface area contributed by atoms with Crippen molar-refractivity contribution in [2.45, 2.75) is 13.0 Å². The Labute approximate surface area is 142 Å². The number of nitrogens with zero attached hydrogens (tertiary/aromatic N) is 1. The van der Waals surface area contributed by atoms with Gasteiger partial charge in [-0.2, -0.15) is 0 Å². The summed E-state index contributed by atoms with van der Waals surface area (Å²) in [6.07, 6.45) is 0.639. The van der Waals surface area contributed by atoms with E-state index in [4.69, 9.17) is 11.6 Å². The second-order valence-electron chi connectivity index (χ2n) is 5.41. The lowest BCUT2D eigenvalue weighted by Crippen LogP contribution is -2.32. The molecule has 5 nitrogen and oxygen atoms in total. The van der Waals surface area contributed by atoms with Crippen molar-refractivity contribution in [3.63, 3.8) is 0 Å². The van der Waals surface area contributed by atoms with Gasteiger partial charge in [0.25, 0.3) is 0 Å². The van der Waals surface area contributed by atoms with Gasteiger partial charge in [0.2, 0.25) is 5.91 Å². The first-order chi connectivity index (χ1) is 11.5. The van der Waals surface area contributed by atoms with Crippen LogP contribution >= 0.6 is 11.6 Å². The minimum absolute atomic E-state index is 0.125. The van der Waals surface area contributed by atoms with Crippen LogP contribution in [-0.2, 0) is 17.8 Å². The predicted octanol–water partition coefficient (Wildman–Crippen LogP) is 2.48. The molecule has 3 rings (SSSR count). The lowest BCUT2D eigenvalue weighted by atomic mass is 10.1. The van der Waals surface area contributed by atoms with Gasteiger partial charge in [0.15, 0.2) is 0 Å². The van der Waals surface area contributed by atoms with E-state index in [1.54, 1.807) is 6.07 Å². The SMILES string of the molecule is O=C(Cn1c(=O)[nH]c2cc(F)ccc21)NCCc1cccc(Cl)c1. The molecule has 1 heterocycles. The number of hydrogen-bond acceptors (Lipinski definition) is 2. The fourth-order valence-corrected chi connectivity index (χ4v) is 2.74. The average molecular weight is 348 g/mol. The first-order valence-electron chi connectivity index (χ1n) is 7.42. The van der Waals surface area contributed by atoms with Gasteiger partial charge in [0.1, 0.15) is 12.4 Å². The Hall–Kier alpha value is -2.60. The van der Waals surface area contributed by atoms with Gasteiger partial charge >= 0.3 is 5.69 Å². The second kappa shape index (κ2) is 6.88. The molecule has 0 saturated heterocycles. The highest BCUT2D eigenvalue weighted by Crippen LogP contribution is 2.12. The molecule has 0 radical (unpaired) electrons. The number of benzene rings is 2. The molecule has 0 aliphatic carbocycles. The Kier molecular flexibility index (Phi) is 4.66. The summed E-state index contributed by atoms with van der Waals surface area (Å²) in [5.74, 6) is -0.730. The Bertz CT molecular complexity index is 948. The lowest BCUT2D eigenvalue weighted by molar-refractivity contribution is -0.121. The first kappa shape index (κ1) is 16.3. The molecule has 0 spiro atoms. The zero-order valence-electron chi connectivity index (χ0n) is 12.7. The van der Waals surface area contributed by atoms with Gasteiger partial charge in [-0.15, -0.1) is 0 Å². The third-order valence-corrected chi connectivity index (χ3v) is 3.90. The molecule has 124 valence electrons. The van der Waals surface area contributed by atoms with Crippen LogP contribution in [0.1, 0.15) is 5.56 Å². The molecule has 0 fully saturated rings. The standard InChI is InChI=1S/C17H15ClFN3O2/c18-12-3-1-2-11(8-12)6-7-20-16(23)10-22-15-5-4-13(19)9-14(15)21-17(22)24/h1-5,8-9H,6-7,10H2,(H,20,23)(H,21,24). The van der Waals surface area contributed by atoms with E-state index in [1.165, 1.54) is 22.8 Å². The molecule has 7 heteroatoms. The van der Waals surface area contributed by atoms with Crippen LogP contribution in [0.25, 0.3) is 11.0 Å². The van der Waals surface area contributed by atoms with E-state index in [0.29, 0.717) is 29.0 Å². The highest BCUT2D eigenvalue weighted by Gasteiger charge is 2.11. The van der Waals surface area contributed by atoms with Gasteiger partial charge in [-0.05, 0) is 42.3 Å². The third kappa shape index (κ3) is 3.65. The van der Waals surface area contributed by atoms with E-state index in [2.05, 4.69) is 10.3 Å². The fourth-order valence-electron chi connectivity index (χ4n) is 2.53. The summed E-state index contributed by atoms with van der Waals surface area (Å²) in [7, 11) is 0. The Morgan fingerprint density at radius 2 is 2.08 bits per heavy atom. The monoisotopic (exact) mass is 347 g/mol. The third-order valence-electron chi connectivity index (χ3n) is 3.66. The maximum atomic E-state index is 13.2. The van der Waals surface area contributed by atoms with Crippen molar-refractivity contribution in [3.8, 4) is 0 Å². The number of nitrogens with one attached hydrogen (secondary N) is 2. The molecule has 0 aliphatic heterocycles. The van der Waals surface area contributed by atoms with Crippen LogP contribution in [-0.4, -0.2) is 22.0 Å². The number of carbonyl (C=O) groups excluding carboxylic acids is 1. The predicted molar refractivity (Wildman–Crippen MR) is 90.7 cm³/mol. The quantitative estimate of drug-likeness (QED) is 0.744. The summed E-state index contributed by atoms with van der Waals surface area (Å²) < 4.78 is 14.5. The van der Waals surface area contributed by atoms with E-state index < -0.39 is 11.5 Å². The van der Waals surface area contributed by atoms with Gasteiger partial charge in [-0.25, -0.2) is 9.18 Å². The van der Waals surface area contributed by atoms with Gasteiger partial charge in [-0.3, -0.25) is 9.36 Å². The summed E-state index contributed by atoms with van der Waals surface area (Å²) in [6, 6.07) is 11.4. The molecule has 2 N–H and O–H groups in total. The second-order valence-corrected chi connectivity index (χ2v) is 5.84. The number of rotatable bonds is 5. The van der Waals surface area contributed by atoms with Crippen molar-refractivity contribution in [2.75, 3.05) is 6.54 Å². The van der Waals surface area contributed by atoms with Crippen molar-refractivity contribution in [3.05, 3.63) is 69.4 Å². The van der Waals surface area contributed by atoms with Crippen LogP contribution in [0.15, 0.2) is 47.3 Å². The molecule has 24 heavy (non-hydrogen) atoms. The fraction of sp³-hybridized carbons (Fsp3) is 0.176. The average Bonchev–Trinajstić information content (AvgIpc) is 2.82. The molecule has 1 aromatic heterocycles. The van der Waals surface area contributed by atoms with Crippen molar-refractivity contribution in [2.24, 2.45) is 0 Å². The van der Waals surface area contributed by atoms with Gasteiger partial charge in [0.05, 0.1) is 11.0 Å². The number of aromatic amines is 1.